The first-order valence-corrected chi connectivity index (χ1v) is 5.94. The van der Waals surface area contributed by atoms with Crippen LogP contribution in [0.3, 0.4) is 0 Å². The van der Waals surface area contributed by atoms with Crippen LogP contribution in [0.5, 0.6) is 0 Å². The Balaban J connectivity index is 2.56. The van der Waals surface area contributed by atoms with Crippen LogP contribution in [-0.2, 0) is 0 Å². The number of hydrogen-bond donors (Lipinski definition) is 1. The van der Waals surface area contributed by atoms with Gasteiger partial charge in [0.2, 0.25) is 0 Å². The van der Waals surface area contributed by atoms with Gasteiger partial charge in [0.1, 0.15) is 5.58 Å². The topological polar surface area (TPSA) is 59.3 Å². The van der Waals surface area contributed by atoms with E-state index in [0.29, 0.717) is 28.6 Å². The molecule has 0 atom stereocenters. The van der Waals surface area contributed by atoms with E-state index < -0.39 is 0 Å². The minimum Gasteiger partial charge on any atom is -0.463 e. The molecule has 0 bridgehead atoms. The van der Waals surface area contributed by atoms with Crippen molar-refractivity contribution in [3.63, 3.8) is 0 Å². The Labute approximate surface area is 105 Å². The fraction of sp³-hybridized carbons (Fsp3) is 0.286. The monoisotopic (exact) mass is 245 g/mol. The van der Waals surface area contributed by atoms with Gasteiger partial charge in [-0.2, -0.15) is 0 Å². The summed E-state index contributed by atoms with van der Waals surface area (Å²) in [4.78, 5) is 23.9. The highest BCUT2D eigenvalue weighted by Crippen LogP contribution is 2.16. The SMILES string of the molecule is CCCNC(=O)c1cccc2c(=O)c(C)coc12. The molecule has 1 heterocycles. The van der Waals surface area contributed by atoms with Crippen molar-refractivity contribution in [3.05, 3.63) is 45.8 Å². The number of nitrogens with one attached hydrogen (secondary N) is 1. The molecule has 1 aromatic carbocycles. The molecule has 0 aliphatic rings. The van der Waals surface area contributed by atoms with Crippen molar-refractivity contribution < 1.29 is 9.21 Å². The van der Waals surface area contributed by atoms with Gasteiger partial charge in [-0.3, -0.25) is 9.59 Å². The molecule has 0 aliphatic carbocycles. The van der Waals surface area contributed by atoms with Gasteiger partial charge in [0.15, 0.2) is 5.43 Å². The molecule has 94 valence electrons. The molecule has 1 aromatic heterocycles. The van der Waals surface area contributed by atoms with E-state index in [9.17, 15) is 9.59 Å². The Morgan fingerprint density at radius 3 is 2.89 bits per heavy atom. The fourth-order valence-corrected chi connectivity index (χ4v) is 1.77. The maximum atomic E-state index is 11.9. The molecule has 18 heavy (non-hydrogen) atoms. The van der Waals surface area contributed by atoms with E-state index in [1.54, 1.807) is 25.1 Å². The number of para-hydroxylation sites is 1. The van der Waals surface area contributed by atoms with Crippen LogP contribution >= 0.6 is 0 Å². The smallest absolute Gasteiger partial charge is 0.255 e. The van der Waals surface area contributed by atoms with Crippen LogP contribution in [0.4, 0.5) is 0 Å². The zero-order chi connectivity index (χ0) is 13.1. The van der Waals surface area contributed by atoms with Gasteiger partial charge in [-0.1, -0.05) is 13.0 Å². The van der Waals surface area contributed by atoms with Crippen molar-refractivity contribution in [1.29, 1.82) is 0 Å². The Hall–Kier alpha value is -2.10. The lowest BCUT2D eigenvalue weighted by Gasteiger charge is -2.06. The Kier molecular flexibility index (Phi) is 3.46. The second-order valence-electron chi connectivity index (χ2n) is 4.19. The number of aryl methyl sites for hydroxylation is 1. The van der Waals surface area contributed by atoms with Crippen LogP contribution in [0.25, 0.3) is 11.0 Å². The van der Waals surface area contributed by atoms with Crippen LogP contribution in [0.15, 0.2) is 33.7 Å². The zero-order valence-corrected chi connectivity index (χ0v) is 10.4. The maximum Gasteiger partial charge on any atom is 0.255 e. The third kappa shape index (κ3) is 2.14. The minimum absolute atomic E-state index is 0.0959. The molecular formula is C14H15NO3. The van der Waals surface area contributed by atoms with E-state index in [0.717, 1.165) is 6.42 Å². The molecule has 0 spiro atoms. The summed E-state index contributed by atoms with van der Waals surface area (Å²) in [5, 5.41) is 3.22. The molecule has 1 amide bonds. The molecule has 2 rings (SSSR count). The van der Waals surface area contributed by atoms with Gasteiger partial charge in [-0.15, -0.1) is 0 Å². The first-order valence-electron chi connectivity index (χ1n) is 5.94. The van der Waals surface area contributed by atoms with Gasteiger partial charge >= 0.3 is 0 Å². The predicted molar refractivity (Wildman–Crippen MR) is 69.8 cm³/mol. The van der Waals surface area contributed by atoms with Crippen molar-refractivity contribution in [2.24, 2.45) is 0 Å². The minimum atomic E-state index is -0.213. The first kappa shape index (κ1) is 12.4. The highest BCUT2D eigenvalue weighted by atomic mass is 16.3. The van der Waals surface area contributed by atoms with Gasteiger partial charge in [0.25, 0.3) is 5.91 Å². The van der Waals surface area contributed by atoms with Gasteiger partial charge in [-0.25, -0.2) is 0 Å². The summed E-state index contributed by atoms with van der Waals surface area (Å²) >= 11 is 0. The molecule has 4 heteroatoms. The second kappa shape index (κ2) is 5.04. The van der Waals surface area contributed by atoms with Gasteiger partial charge in [0, 0.05) is 12.1 Å². The fourth-order valence-electron chi connectivity index (χ4n) is 1.77. The highest BCUT2D eigenvalue weighted by molar-refractivity contribution is 6.04. The van der Waals surface area contributed by atoms with Crippen LogP contribution < -0.4 is 10.7 Å². The molecule has 0 radical (unpaired) electrons. The molecule has 0 aliphatic heterocycles. The maximum absolute atomic E-state index is 11.9. The first-order chi connectivity index (χ1) is 8.65. The van der Waals surface area contributed by atoms with E-state index in [4.69, 9.17) is 4.42 Å². The predicted octanol–water partition coefficient (Wildman–Crippen LogP) is 2.24. The highest BCUT2D eigenvalue weighted by Gasteiger charge is 2.13. The van der Waals surface area contributed by atoms with Crippen molar-refractivity contribution in [3.8, 4) is 0 Å². The summed E-state index contributed by atoms with van der Waals surface area (Å²) in [7, 11) is 0. The number of carbonyl (C=O) groups is 1. The van der Waals surface area contributed by atoms with Crippen LogP contribution in [0.1, 0.15) is 29.3 Å². The summed E-state index contributed by atoms with van der Waals surface area (Å²) in [5.74, 6) is -0.213. The molecule has 0 saturated heterocycles. The average molecular weight is 245 g/mol. The van der Waals surface area contributed by atoms with Gasteiger partial charge in [0.05, 0.1) is 17.2 Å². The van der Waals surface area contributed by atoms with E-state index in [1.165, 1.54) is 6.26 Å². The number of amides is 1. The molecule has 1 N–H and O–H groups in total. The summed E-state index contributed by atoms with van der Waals surface area (Å²) < 4.78 is 5.39. The lowest BCUT2D eigenvalue weighted by atomic mass is 10.1. The van der Waals surface area contributed by atoms with Crippen LogP contribution in [0, 0.1) is 6.92 Å². The third-order valence-electron chi connectivity index (χ3n) is 2.75. The quantitative estimate of drug-likeness (QED) is 0.902. The Morgan fingerprint density at radius 2 is 2.17 bits per heavy atom. The van der Waals surface area contributed by atoms with Crippen molar-refractivity contribution >= 4 is 16.9 Å². The lowest BCUT2D eigenvalue weighted by Crippen LogP contribution is -2.24. The Bertz CT molecular complexity index is 643. The summed E-state index contributed by atoms with van der Waals surface area (Å²) in [6.45, 7) is 4.27. The zero-order valence-electron chi connectivity index (χ0n) is 10.4. The standard InChI is InChI=1S/C14H15NO3/c1-3-7-15-14(17)11-6-4-5-10-12(16)9(2)8-18-13(10)11/h4-6,8H,3,7H2,1-2H3,(H,15,17). The Morgan fingerprint density at radius 1 is 1.39 bits per heavy atom. The summed E-state index contributed by atoms with van der Waals surface area (Å²) in [6, 6.07) is 5.02. The second-order valence-corrected chi connectivity index (χ2v) is 4.19. The molecule has 4 nitrogen and oxygen atoms in total. The van der Waals surface area contributed by atoms with E-state index in [-0.39, 0.29) is 11.3 Å². The molecule has 2 aromatic rings. The molecule has 0 saturated carbocycles. The van der Waals surface area contributed by atoms with Gasteiger partial charge in [-0.05, 0) is 25.5 Å². The number of benzene rings is 1. The molecule has 0 fully saturated rings. The number of rotatable bonds is 3. The van der Waals surface area contributed by atoms with E-state index >= 15 is 0 Å². The van der Waals surface area contributed by atoms with Crippen LogP contribution in [0.2, 0.25) is 0 Å². The number of carbonyl (C=O) groups excluding carboxylic acids is 1. The lowest BCUT2D eigenvalue weighted by molar-refractivity contribution is 0.0954. The average Bonchev–Trinajstić information content (AvgIpc) is 2.39. The largest absolute Gasteiger partial charge is 0.463 e. The van der Waals surface area contributed by atoms with Gasteiger partial charge < -0.3 is 9.73 Å². The number of hydrogen-bond acceptors (Lipinski definition) is 3. The van der Waals surface area contributed by atoms with Crippen molar-refractivity contribution in [2.45, 2.75) is 20.3 Å². The summed E-state index contributed by atoms with van der Waals surface area (Å²) in [5.41, 5.74) is 1.19. The molecule has 0 unspecified atom stereocenters. The summed E-state index contributed by atoms with van der Waals surface area (Å²) in [6.07, 6.45) is 2.25. The number of fused-ring (bicyclic) bond motifs is 1. The third-order valence-corrected chi connectivity index (χ3v) is 2.75. The van der Waals surface area contributed by atoms with E-state index in [1.807, 2.05) is 6.92 Å². The van der Waals surface area contributed by atoms with E-state index in [2.05, 4.69) is 5.32 Å². The van der Waals surface area contributed by atoms with Crippen LogP contribution in [-0.4, -0.2) is 12.5 Å². The molecular weight excluding hydrogens is 230 g/mol. The van der Waals surface area contributed by atoms with Crippen molar-refractivity contribution in [1.82, 2.24) is 5.32 Å². The normalized spacial score (nSPS) is 10.6. The van der Waals surface area contributed by atoms with Crippen molar-refractivity contribution in [2.75, 3.05) is 6.54 Å².